The van der Waals surface area contributed by atoms with E-state index in [0.29, 0.717) is 31.9 Å². The molecule has 0 spiro atoms. The Labute approximate surface area is 112 Å². The lowest BCUT2D eigenvalue weighted by Gasteiger charge is -2.06. The number of esters is 1. The molecule has 1 heterocycles. The van der Waals surface area contributed by atoms with Crippen molar-refractivity contribution in [2.75, 3.05) is 13.2 Å². The highest BCUT2D eigenvalue weighted by Gasteiger charge is 2.02. The first-order valence-corrected chi connectivity index (χ1v) is 6.44. The summed E-state index contributed by atoms with van der Waals surface area (Å²) in [6, 6.07) is 11.7. The lowest BCUT2D eigenvalue weighted by Crippen LogP contribution is -2.07. The molecule has 2 aromatic rings. The van der Waals surface area contributed by atoms with E-state index in [4.69, 9.17) is 9.47 Å². The zero-order chi connectivity index (χ0) is 13.5. The summed E-state index contributed by atoms with van der Waals surface area (Å²) in [5.74, 6) is 0.403. The third kappa shape index (κ3) is 3.95. The molecular formula is C15H17NO3. The van der Waals surface area contributed by atoms with E-state index in [1.54, 1.807) is 6.92 Å². The SMILES string of the molecule is CCOC(=O)CCCOc1ccc2ccccc2n1. The highest BCUT2D eigenvalue weighted by atomic mass is 16.5. The third-order valence-electron chi connectivity index (χ3n) is 2.65. The fourth-order valence-corrected chi connectivity index (χ4v) is 1.75. The van der Waals surface area contributed by atoms with Crippen LogP contribution in [0.1, 0.15) is 19.8 Å². The summed E-state index contributed by atoms with van der Waals surface area (Å²) in [6.07, 6.45) is 1.01. The molecule has 0 aliphatic rings. The predicted octanol–water partition coefficient (Wildman–Crippen LogP) is 2.96. The van der Waals surface area contributed by atoms with Crippen LogP contribution in [0.5, 0.6) is 5.88 Å². The number of fused-ring (bicyclic) bond motifs is 1. The second-order valence-electron chi connectivity index (χ2n) is 4.10. The lowest BCUT2D eigenvalue weighted by molar-refractivity contribution is -0.143. The Morgan fingerprint density at radius 2 is 2.05 bits per heavy atom. The molecule has 0 amide bonds. The zero-order valence-electron chi connectivity index (χ0n) is 11.0. The van der Waals surface area contributed by atoms with E-state index in [1.807, 2.05) is 36.4 Å². The number of carbonyl (C=O) groups is 1. The average Bonchev–Trinajstić information content (AvgIpc) is 2.44. The monoisotopic (exact) mass is 259 g/mol. The highest BCUT2D eigenvalue weighted by Crippen LogP contribution is 2.16. The van der Waals surface area contributed by atoms with E-state index in [-0.39, 0.29) is 5.97 Å². The van der Waals surface area contributed by atoms with Gasteiger partial charge in [0.15, 0.2) is 0 Å². The van der Waals surface area contributed by atoms with Gasteiger partial charge in [-0.05, 0) is 25.5 Å². The summed E-state index contributed by atoms with van der Waals surface area (Å²) in [7, 11) is 0. The molecule has 19 heavy (non-hydrogen) atoms. The first kappa shape index (κ1) is 13.3. The molecule has 1 aromatic heterocycles. The molecule has 0 radical (unpaired) electrons. The van der Waals surface area contributed by atoms with E-state index in [1.165, 1.54) is 0 Å². The van der Waals surface area contributed by atoms with Gasteiger partial charge in [-0.2, -0.15) is 0 Å². The summed E-state index contributed by atoms with van der Waals surface area (Å²) in [5, 5.41) is 1.08. The molecule has 1 aromatic carbocycles. The van der Waals surface area contributed by atoms with E-state index >= 15 is 0 Å². The van der Waals surface area contributed by atoms with Crippen LogP contribution in [-0.2, 0) is 9.53 Å². The van der Waals surface area contributed by atoms with Crippen LogP contribution in [0.2, 0.25) is 0 Å². The molecular weight excluding hydrogens is 242 g/mol. The van der Waals surface area contributed by atoms with Crippen molar-refractivity contribution < 1.29 is 14.3 Å². The molecule has 0 bridgehead atoms. The van der Waals surface area contributed by atoms with Crippen molar-refractivity contribution in [2.45, 2.75) is 19.8 Å². The number of hydrogen-bond acceptors (Lipinski definition) is 4. The summed E-state index contributed by atoms with van der Waals surface area (Å²) in [5.41, 5.74) is 0.908. The number of pyridine rings is 1. The predicted molar refractivity (Wildman–Crippen MR) is 73.1 cm³/mol. The number of hydrogen-bond donors (Lipinski definition) is 0. The molecule has 0 unspecified atom stereocenters. The van der Waals surface area contributed by atoms with Gasteiger partial charge in [-0.15, -0.1) is 0 Å². The Kier molecular flexibility index (Phi) is 4.72. The molecule has 100 valence electrons. The minimum absolute atomic E-state index is 0.183. The van der Waals surface area contributed by atoms with Gasteiger partial charge in [0.25, 0.3) is 0 Å². The molecule has 2 rings (SSSR count). The van der Waals surface area contributed by atoms with Gasteiger partial charge in [-0.3, -0.25) is 4.79 Å². The summed E-state index contributed by atoms with van der Waals surface area (Å²) in [4.78, 5) is 15.5. The van der Waals surface area contributed by atoms with Crippen molar-refractivity contribution >= 4 is 16.9 Å². The van der Waals surface area contributed by atoms with E-state index in [2.05, 4.69) is 4.98 Å². The maximum absolute atomic E-state index is 11.1. The van der Waals surface area contributed by atoms with E-state index in [0.717, 1.165) is 10.9 Å². The van der Waals surface area contributed by atoms with Gasteiger partial charge in [0.1, 0.15) is 0 Å². The molecule has 0 saturated heterocycles. The molecule has 0 aliphatic carbocycles. The van der Waals surface area contributed by atoms with Gasteiger partial charge in [0, 0.05) is 17.9 Å². The van der Waals surface area contributed by atoms with Crippen molar-refractivity contribution in [3.63, 3.8) is 0 Å². The summed E-state index contributed by atoms with van der Waals surface area (Å²) >= 11 is 0. The fourth-order valence-electron chi connectivity index (χ4n) is 1.75. The summed E-state index contributed by atoms with van der Waals surface area (Å²) < 4.78 is 10.4. The number of nitrogens with zero attached hydrogens (tertiary/aromatic N) is 1. The third-order valence-corrected chi connectivity index (χ3v) is 2.65. The molecule has 0 atom stereocenters. The first-order valence-electron chi connectivity index (χ1n) is 6.44. The van der Waals surface area contributed by atoms with Gasteiger partial charge < -0.3 is 9.47 Å². The number of aromatic nitrogens is 1. The topological polar surface area (TPSA) is 48.4 Å². The normalized spacial score (nSPS) is 10.4. The molecule has 0 fully saturated rings. The Hall–Kier alpha value is -2.10. The average molecular weight is 259 g/mol. The standard InChI is InChI=1S/C15H17NO3/c1-2-18-15(17)8-5-11-19-14-10-9-12-6-3-4-7-13(12)16-14/h3-4,6-7,9-10H,2,5,8,11H2,1H3. The Morgan fingerprint density at radius 3 is 2.89 bits per heavy atom. The quantitative estimate of drug-likeness (QED) is 0.591. The van der Waals surface area contributed by atoms with Crippen LogP contribution in [0.3, 0.4) is 0 Å². The Bertz CT molecular complexity index is 554. The minimum Gasteiger partial charge on any atom is -0.478 e. The second kappa shape index (κ2) is 6.73. The lowest BCUT2D eigenvalue weighted by atomic mass is 10.2. The number of carbonyl (C=O) groups excluding carboxylic acids is 1. The Balaban J connectivity index is 1.83. The summed E-state index contributed by atoms with van der Waals surface area (Å²) in [6.45, 7) is 2.68. The maximum atomic E-state index is 11.1. The maximum Gasteiger partial charge on any atom is 0.305 e. The van der Waals surface area contributed by atoms with E-state index < -0.39 is 0 Å². The largest absolute Gasteiger partial charge is 0.478 e. The number of ether oxygens (including phenoxy) is 2. The van der Waals surface area contributed by atoms with Crippen LogP contribution in [0.25, 0.3) is 10.9 Å². The van der Waals surface area contributed by atoms with Crippen LogP contribution < -0.4 is 4.74 Å². The smallest absolute Gasteiger partial charge is 0.305 e. The van der Waals surface area contributed by atoms with Gasteiger partial charge >= 0.3 is 5.97 Å². The van der Waals surface area contributed by atoms with Crippen molar-refractivity contribution in [3.8, 4) is 5.88 Å². The van der Waals surface area contributed by atoms with Crippen molar-refractivity contribution in [3.05, 3.63) is 36.4 Å². The fraction of sp³-hybridized carbons (Fsp3) is 0.333. The van der Waals surface area contributed by atoms with Gasteiger partial charge in [0.05, 0.1) is 18.7 Å². The van der Waals surface area contributed by atoms with Crippen LogP contribution in [-0.4, -0.2) is 24.2 Å². The van der Waals surface area contributed by atoms with Crippen LogP contribution in [0.4, 0.5) is 0 Å². The minimum atomic E-state index is -0.183. The van der Waals surface area contributed by atoms with Gasteiger partial charge in [-0.25, -0.2) is 4.98 Å². The molecule has 0 aliphatic heterocycles. The Morgan fingerprint density at radius 1 is 1.21 bits per heavy atom. The van der Waals surface area contributed by atoms with E-state index in [9.17, 15) is 4.79 Å². The molecule has 4 heteroatoms. The van der Waals surface area contributed by atoms with Crippen molar-refractivity contribution in [1.82, 2.24) is 4.98 Å². The van der Waals surface area contributed by atoms with Gasteiger partial charge in [-0.1, -0.05) is 18.2 Å². The zero-order valence-corrected chi connectivity index (χ0v) is 11.0. The first-order chi connectivity index (χ1) is 9.29. The van der Waals surface area contributed by atoms with Crippen LogP contribution >= 0.6 is 0 Å². The second-order valence-corrected chi connectivity index (χ2v) is 4.10. The van der Waals surface area contributed by atoms with Crippen LogP contribution in [0, 0.1) is 0 Å². The number of para-hydroxylation sites is 1. The molecule has 0 N–H and O–H groups in total. The number of benzene rings is 1. The van der Waals surface area contributed by atoms with Crippen molar-refractivity contribution in [1.29, 1.82) is 0 Å². The number of rotatable bonds is 6. The highest BCUT2D eigenvalue weighted by molar-refractivity contribution is 5.78. The van der Waals surface area contributed by atoms with Crippen LogP contribution in [0.15, 0.2) is 36.4 Å². The van der Waals surface area contributed by atoms with Crippen molar-refractivity contribution in [2.24, 2.45) is 0 Å². The molecule has 0 saturated carbocycles. The van der Waals surface area contributed by atoms with Gasteiger partial charge in [0.2, 0.25) is 5.88 Å². The molecule has 4 nitrogen and oxygen atoms in total.